The summed E-state index contributed by atoms with van der Waals surface area (Å²) in [6.45, 7) is 6.20. The number of aryl methyl sites for hydroxylation is 1. The Morgan fingerprint density at radius 2 is 1.86 bits per heavy atom. The van der Waals surface area contributed by atoms with Crippen molar-refractivity contribution < 1.29 is 27.9 Å². The number of hydrogen-bond acceptors (Lipinski definition) is 8. The molecule has 2 aromatic rings. The lowest BCUT2D eigenvalue weighted by molar-refractivity contribution is -0.138. The standard InChI is InChI=1S/C38H53ClN4O6S/c1-26-9-8-17-38(46,23-36(44)42(5)20-19-41(3)4)33-15-12-30(33)24-43-18-7-6-10-28-21-32(39)14-11-31(28)25-49-35-16-13-29(22-34(35)43)37(45)40-50(47,48)27(26)2/h8,11,13-14,16-17,21-22,26-27,30,33,46H,6-7,9-10,12,15,18-20,23-25H2,1-5H3,(H,40,45)/b17-8+/t26-,27+,30-,33+,38+/m0/s1. The molecule has 1 saturated carbocycles. The minimum atomic E-state index is -4.03. The van der Waals surface area contributed by atoms with E-state index in [1.165, 1.54) is 0 Å². The van der Waals surface area contributed by atoms with Crippen molar-refractivity contribution in [3.8, 4) is 5.75 Å². The fourth-order valence-electron chi connectivity index (χ4n) is 7.24. The molecule has 2 aliphatic heterocycles. The van der Waals surface area contributed by atoms with Crippen LogP contribution in [0.15, 0.2) is 48.6 Å². The molecule has 5 atom stereocenters. The summed E-state index contributed by atoms with van der Waals surface area (Å²) in [5.41, 5.74) is 1.69. The van der Waals surface area contributed by atoms with Crippen LogP contribution in [-0.2, 0) is 27.8 Å². The van der Waals surface area contributed by atoms with Gasteiger partial charge in [-0.25, -0.2) is 13.1 Å². The fraction of sp³-hybridized carbons (Fsp3) is 0.579. The van der Waals surface area contributed by atoms with Crippen molar-refractivity contribution in [1.29, 1.82) is 0 Å². The van der Waals surface area contributed by atoms with Crippen LogP contribution in [0.25, 0.3) is 0 Å². The summed E-state index contributed by atoms with van der Waals surface area (Å²) in [5.74, 6) is -0.714. The van der Waals surface area contributed by atoms with Gasteiger partial charge in [-0.3, -0.25) is 9.59 Å². The highest BCUT2D eigenvalue weighted by molar-refractivity contribution is 7.90. The molecule has 50 heavy (non-hydrogen) atoms. The molecule has 0 unspecified atom stereocenters. The summed E-state index contributed by atoms with van der Waals surface area (Å²) in [6.07, 6.45) is 8.10. The normalized spacial score (nSPS) is 27.8. The molecular formula is C38H53ClN4O6S. The fourth-order valence-corrected chi connectivity index (χ4v) is 8.72. The largest absolute Gasteiger partial charge is 0.487 e. The Bertz CT molecular complexity index is 1680. The first-order chi connectivity index (χ1) is 23.7. The van der Waals surface area contributed by atoms with Crippen LogP contribution in [0.1, 0.15) is 73.9 Å². The number of anilines is 1. The first kappa shape index (κ1) is 38.1. The van der Waals surface area contributed by atoms with Gasteiger partial charge in [0.05, 0.1) is 23.0 Å². The average Bonchev–Trinajstić information content (AvgIpc) is 3.07. The van der Waals surface area contributed by atoms with Crippen LogP contribution >= 0.6 is 11.6 Å². The summed E-state index contributed by atoms with van der Waals surface area (Å²) in [7, 11) is 1.65. The zero-order valence-electron chi connectivity index (χ0n) is 30.0. The van der Waals surface area contributed by atoms with Gasteiger partial charge in [-0.1, -0.05) is 36.7 Å². The Balaban J connectivity index is 1.54. The topological polar surface area (TPSA) is 119 Å². The number of allylic oxidation sites excluding steroid dienone is 1. The second-order valence-electron chi connectivity index (χ2n) is 14.8. The quantitative estimate of drug-likeness (QED) is 0.400. The van der Waals surface area contributed by atoms with Crippen LogP contribution in [0.5, 0.6) is 5.75 Å². The third-order valence-corrected chi connectivity index (χ3v) is 13.1. The van der Waals surface area contributed by atoms with E-state index < -0.39 is 26.8 Å². The third-order valence-electron chi connectivity index (χ3n) is 10.9. The second-order valence-corrected chi connectivity index (χ2v) is 17.3. The Morgan fingerprint density at radius 1 is 1.08 bits per heavy atom. The van der Waals surface area contributed by atoms with E-state index in [9.17, 15) is 23.1 Å². The molecule has 0 aromatic heterocycles. The molecule has 2 amide bonds. The van der Waals surface area contributed by atoms with Gasteiger partial charge in [0.2, 0.25) is 15.9 Å². The van der Waals surface area contributed by atoms with Gasteiger partial charge in [0.1, 0.15) is 12.4 Å². The lowest BCUT2D eigenvalue weighted by atomic mass is 9.63. The molecule has 1 aliphatic carbocycles. The number of halogens is 1. The maximum absolute atomic E-state index is 13.5. The summed E-state index contributed by atoms with van der Waals surface area (Å²) < 4.78 is 35.6. The summed E-state index contributed by atoms with van der Waals surface area (Å²) in [5, 5.41) is 12.2. The van der Waals surface area contributed by atoms with Crippen LogP contribution in [0.2, 0.25) is 5.02 Å². The smallest absolute Gasteiger partial charge is 0.264 e. The first-order valence-corrected chi connectivity index (χ1v) is 19.7. The maximum atomic E-state index is 13.5. The Kier molecular flexibility index (Phi) is 12.2. The van der Waals surface area contributed by atoms with Gasteiger partial charge in [0.15, 0.2) is 0 Å². The minimum absolute atomic E-state index is 0.0580. The van der Waals surface area contributed by atoms with Crippen molar-refractivity contribution in [1.82, 2.24) is 14.5 Å². The van der Waals surface area contributed by atoms with Crippen LogP contribution < -0.4 is 14.4 Å². The van der Waals surface area contributed by atoms with Crippen molar-refractivity contribution in [2.24, 2.45) is 17.8 Å². The number of amides is 2. The highest BCUT2D eigenvalue weighted by Crippen LogP contribution is 2.46. The number of sulfonamides is 1. The zero-order chi connectivity index (χ0) is 36.2. The van der Waals surface area contributed by atoms with Gasteiger partial charge in [0, 0.05) is 43.8 Å². The van der Waals surface area contributed by atoms with Gasteiger partial charge in [-0.15, -0.1) is 0 Å². The van der Waals surface area contributed by atoms with Crippen LogP contribution in [0.4, 0.5) is 5.69 Å². The molecule has 1 fully saturated rings. The van der Waals surface area contributed by atoms with Gasteiger partial charge in [-0.2, -0.15) is 0 Å². The molecule has 3 aliphatic rings. The summed E-state index contributed by atoms with van der Waals surface area (Å²) >= 11 is 6.35. The zero-order valence-corrected chi connectivity index (χ0v) is 31.6. The van der Waals surface area contributed by atoms with Gasteiger partial charge in [-0.05, 0) is 119 Å². The third kappa shape index (κ3) is 9.02. The molecule has 12 heteroatoms. The van der Waals surface area contributed by atoms with E-state index in [2.05, 4.69) is 9.62 Å². The molecular weight excluding hydrogens is 676 g/mol. The number of nitrogens with zero attached hydrogens (tertiary/aromatic N) is 3. The van der Waals surface area contributed by atoms with Gasteiger partial charge < -0.3 is 24.5 Å². The van der Waals surface area contributed by atoms with Gasteiger partial charge >= 0.3 is 0 Å². The Labute approximate surface area is 302 Å². The number of fused-ring (bicyclic) bond motifs is 3. The van der Waals surface area contributed by atoms with Crippen LogP contribution in [-0.4, -0.2) is 93.3 Å². The molecule has 274 valence electrons. The number of benzene rings is 2. The molecule has 2 heterocycles. The van der Waals surface area contributed by atoms with Crippen molar-refractivity contribution >= 4 is 39.1 Å². The van der Waals surface area contributed by atoms with E-state index in [-0.39, 0.29) is 35.6 Å². The second kappa shape index (κ2) is 16.0. The van der Waals surface area contributed by atoms with Crippen LogP contribution in [0.3, 0.4) is 0 Å². The van der Waals surface area contributed by atoms with Crippen molar-refractivity contribution in [2.75, 3.05) is 52.2 Å². The molecule has 2 N–H and O–H groups in total. The first-order valence-electron chi connectivity index (χ1n) is 17.8. The van der Waals surface area contributed by atoms with Crippen molar-refractivity contribution in [3.63, 3.8) is 0 Å². The molecule has 2 bridgehead atoms. The lowest BCUT2D eigenvalue weighted by Crippen LogP contribution is -2.52. The highest BCUT2D eigenvalue weighted by atomic mass is 35.5. The average molecular weight is 729 g/mol. The van der Waals surface area contributed by atoms with E-state index >= 15 is 0 Å². The predicted octanol–water partition coefficient (Wildman–Crippen LogP) is 5.27. The van der Waals surface area contributed by atoms with E-state index in [0.717, 1.165) is 43.2 Å². The number of rotatable bonds is 5. The molecule has 0 saturated heterocycles. The molecule has 10 nitrogen and oxygen atoms in total. The van der Waals surface area contributed by atoms with Gasteiger partial charge in [0.25, 0.3) is 5.91 Å². The number of nitrogens with one attached hydrogen (secondary N) is 1. The number of carbonyl (C=O) groups excluding carboxylic acids is 2. The predicted molar refractivity (Wildman–Crippen MR) is 198 cm³/mol. The highest BCUT2D eigenvalue weighted by Gasteiger charge is 2.47. The Morgan fingerprint density at radius 3 is 2.58 bits per heavy atom. The monoisotopic (exact) mass is 728 g/mol. The SMILES string of the molecule is C[C@@H]1[C@@H](C)C/C=C/[C@@](O)(CC(=O)N(C)CCN(C)C)[C@@H]2CC[C@H]2CN2CCCCc3cc(Cl)ccc3COc3ccc(cc32)C(=O)NS1(=O)=O. The van der Waals surface area contributed by atoms with E-state index in [4.69, 9.17) is 16.3 Å². The van der Waals surface area contributed by atoms with E-state index in [1.807, 2.05) is 50.2 Å². The summed E-state index contributed by atoms with van der Waals surface area (Å²) in [6, 6.07) is 10.9. The van der Waals surface area contributed by atoms with Crippen molar-refractivity contribution in [3.05, 3.63) is 70.3 Å². The number of hydrogen-bond donors (Lipinski definition) is 2. The molecule has 0 radical (unpaired) electrons. The van der Waals surface area contributed by atoms with E-state index in [1.54, 1.807) is 43.1 Å². The molecule has 2 aromatic carbocycles. The molecule has 0 spiro atoms. The van der Waals surface area contributed by atoms with Crippen molar-refractivity contribution in [2.45, 2.75) is 76.3 Å². The molecule has 5 rings (SSSR count). The van der Waals surface area contributed by atoms with Crippen LogP contribution in [0, 0.1) is 17.8 Å². The lowest BCUT2D eigenvalue weighted by Gasteiger charge is -2.48. The van der Waals surface area contributed by atoms with E-state index in [0.29, 0.717) is 55.7 Å². The number of ether oxygens (including phenoxy) is 1. The Hall–Kier alpha value is -3.12. The number of carbonyl (C=O) groups is 2. The number of likely N-dealkylation sites (N-methyl/N-ethyl adjacent to an activating group) is 2. The number of aliphatic hydroxyl groups is 1. The minimum Gasteiger partial charge on any atom is -0.487 e. The summed E-state index contributed by atoms with van der Waals surface area (Å²) in [4.78, 5) is 32.9. The maximum Gasteiger partial charge on any atom is 0.264 e.